The summed E-state index contributed by atoms with van der Waals surface area (Å²) in [5, 5.41) is 7.35. The molecule has 0 saturated carbocycles. The number of aromatic nitrogens is 3. The maximum Gasteiger partial charge on any atom is 0.225 e. The van der Waals surface area contributed by atoms with Crippen molar-refractivity contribution in [3.63, 3.8) is 0 Å². The number of piperazine rings is 1. The van der Waals surface area contributed by atoms with Crippen molar-refractivity contribution in [1.82, 2.24) is 25.3 Å². The fourth-order valence-electron chi connectivity index (χ4n) is 2.68. The molecular formula is C16H24IN7O. The number of halogens is 1. The van der Waals surface area contributed by atoms with Gasteiger partial charge in [0, 0.05) is 51.7 Å². The van der Waals surface area contributed by atoms with Crippen LogP contribution in [0, 0.1) is 0 Å². The number of rotatable bonds is 4. The Kier molecular flexibility index (Phi) is 7.41. The van der Waals surface area contributed by atoms with Crippen molar-refractivity contribution >= 4 is 35.9 Å². The van der Waals surface area contributed by atoms with Gasteiger partial charge in [-0.3, -0.25) is 4.99 Å². The molecule has 1 saturated heterocycles. The lowest BCUT2D eigenvalue weighted by atomic mass is 10.3. The topological polar surface area (TPSA) is 82.7 Å². The van der Waals surface area contributed by atoms with Crippen LogP contribution in [0.15, 0.2) is 34.0 Å². The van der Waals surface area contributed by atoms with Crippen LogP contribution in [0.2, 0.25) is 0 Å². The Hall–Kier alpha value is -1.91. The Morgan fingerprint density at radius 2 is 1.96 bits per heavy atom. The first-order valence-corrected chi connectivity index (χ1v) is 8.22. The number of hydrogen-bond acceptors (Lipinski definition) is 6. The average Bonchev–Trinajstić information content (AvgIpc) is 3.12. The van der Waals surface area contributed by atoms with Gasteiger partial charge in [0.1, 0.15) is 0 Å². The molecule has 0 unspecified atom stereocenters. The van der Waals surface area contributed by atoms with E-state index in [4.69, 9.17) is 4.52 Å². The molecule has 1 aliphatic heterocycles. The summed E-state index contributed by atoms with van der Waals surface area (Å²) in [7, 11) is 1.80. The van der Waals surface area contributed by atoms with E-state index in [9.17, 15) is 0 Å². The summed E-state index contributed by atoms with van der Waals surface area (Å²) >= 11 is 0. The van der Waals surface area contributed by atoms with Crippen LogP contribution in [0.25, 0.3) is 0 Å². The van der Waals surface area contributed by atoms with Crippen molar-refractivity contribution < 1.29 is 4.52 Å². The van der Waals surface area contributed by atoms with Crippen molar-refractivity contribution in [2.45, 2.75) is 19.9 Å². The third-order valence-electron chi connectivity index (χ3n) is 4.02. The highest BCUT2D eigenvalue weighted by atomic mass is 127. The molecule has 0 spiro atoms. The maximum atomic E-state index is 5.30. The van der Waals surface area contributed by atoms with Crippen LogP contribution in [-0.2, 0) is 13.0 Å². The zero-order valence-electron chi connectivity index (χ0n) is 14.6. The van der Waals surface area contributed by atoms with Crippen LogP contribution in [-0.4, -0.2) is 59.2 Å². The average molecular weight is 457 g/mol. The predicted molar refractivity (Wildman–Crippen MR) is 107 cm³/mol. The van der Waals surface area contributed by atoms with Crippen molar-refractivity contribution in [3.05, 3.63) is 36.0 Å². The third-order valence-corrected chi connectivity index (χ3v) is 4.02. The first-order valence-electron chi connectivity index (χ1n) is 8.22. The number of guanidine groups is 1. The standard InChI is InChI=1S/C16H23N7O.HI/c1-3-13-11-14(24-21-13)12-20-15(17-2)22-7-9-23(10-8-22)16-18-5-4-6-19-16;/h4-6,11H,3,7-10,12H2,1-2H3,(H,17,20);1H. The van der Waals surface area contributed by atoms with Gasteiger partial charge in [-0.2, -0.15) is 0 Å². The molecule has 2 aromatic heterocycles. The molecule has 1 fully saturated rings. The summed E-state index contributed by atoms with van der Waals surface area (Å²) in [5.74, 6) is 2.48. The Balaban J connectivity index is 0.00000225. The van der Waals surface area contributed by atoms with E-state index in [-0.39, 0.29) is 24.0 Å². The van der Waals surface area contributed by atoms with Gasteiger partial charge in [-0.25, -0.2) is 9.97 Å². The molecule has 8 nitrogen and oxygen atoms in total. The van der Waals surface area contributed by atoms with Gasteiger partial charge in [0.2, 0.25) is 5.95 Å². The molecule has 0 aromatic carbocycles. The molecule has 3 heterocycles. The van der Waals surface area contributed by atoms with Crippen LogP contribution >= 0.6 is 24.0 Å². The lowest BCUT2D eigenvalue weighted by Gasteiger charge is -2.36. The van der Waals surface area contributed by atoms with E-state index in [0.29, 0.717) is 6.54 Å². The zero-order valence-corrected chi connectivity index (χ0v) is 16.9. The number of aryl methyl sites for hydroxylation is 1. The van der Waals surface area contributed by atoms with Gasteiger partial charge < -0.3 is 19.6 Å². The molecule has 0 aliphatic carbocycles. The summed E-state index contributed by atoms with van der Waals surface area (Å²) in [6.45, 7) is 6.12. The van der Waals surface area contributed by atoms with Gasteiger partial charge in [0.25, 0.3) is 0 Å². The van der Waals surface area contributed by atoms with Gasteiger partial charge in [0.15, 0.2) is 11.7 Å². The quantitative estimate of drug-likeness (QED) is 0.424. The molecular weight excluding hydrogens is 433 g/mol. The molecule has 0 radical (unpaired) electrons. The van der Waals surface area contributed by atoms with E-state index < -0.39 is 0 Å². The number of nitrogens with zero attached hydrogens (tertiary/aromatic N) is 6. The SMILES string of the molecule is CCc1cc(CNC(=NC)N2CCN(c3ncccn3)CC2)on1.I. The van der Waals surface area contributed by atoms with Gasteiger partial charge in [-0.1, -0.05) is 12.1 Å². The Morgan fingerprint density at radius 3 is 2.56 bits per heavy atom. The summed E-state index contributed by atoms with van der Waals surface area (Å²) in [6.07, 6.45) is 4.43. The molecule has 9 heteroatoms. The third kappa shape index (κ3) is 5.03. The molecule has 0 amide bonds. The van der Waals surface area contributed by atoms with E-state index in [0.717, 1.165) is 56.0 Å². The van der Waals surface area contributed by atoms with E-state index in [2.05, 4.69) is 42.2 Å². The number of hydrogen-bond donors (Lipinski definition) is 1. The highest BCUT2D eigenvalue weighted by Gasteiger charge is 2.21. The fraction of sp³-hybridized carbons (Fsp3) is 0.500. The van der Waals surface area contributed by atoms with Crippen LogP contribution < -0.4 is 10.2 Å². The van der Waals surface area contributed by atoms with Crippen LogP contribution in [0.3, 0.4) is 0 Å². The molecule has 0 bridgehead atoms. The van der Waals surface area contributed by atoms with E-state index >= 15 is 0 Å². The lowest BCUT2D eigenvalue weighted by molar-refractivity contribution is 0.355. The highest BCUT2D eigenvalue weighted by Crippen LogP contribution is 2.10. The van der Waals surface area contributed by atoms with Gasteiger partial charge >= 0.3 is 0 Å². The summed E-state index contributed by atoms with van der Waals surface area (Å²) in [6, 6.07) is 3.81. The van der Waals surface area contributed by atoms with Crippen LogP contribution in [0.5, 0.6) is 0 Å². The van der Waals surface area contributed by atoms with Crippen molar-refractivity contribution in [2.24, 2.45) is 4.99 Å². The van der Waals surface area contributed by atoms with E-state index in [1.54, 1.807) is 19.4 Å². The van der Waals surface area contributed by atoms with E-state index in [1.165, 1.54) is 0 Å². The minimum Gasteiger partial charge on any atom is -0.359 e. The summed E-state index contributed by atoms with van der Waals surface area (Å²) in [4.78, 5) is 17.4. The van der Waals surface area contributed by atoms with Crippen LogP contribution in [0.4, 0.5) is 5.95 Å². The number of aliphatic imine (C=N–C) groups is 1. The Bertz CT molecular complexity index is 668. The number of anilines is 1. The Morgan fingerprint density at radius 1 is 1.24 bits per heavy atom. The summed E-state index contributed by atoms with van der Waals surface area (Å²) < 4.78 is 5.30. The predicted octanol–water partition coefficient (Wildman–Crippen LogP) is 1.54. The molecule has 136 valence electrons. The van der Waals surface area contributed by atoms with Crippen molar-refractivity contribution in [3.8, 4) is 0 Å². The lowest BCUT2D eigenvalue weighted by Crippen LogP contribution is -2.52. The summed E-state index contributed by atoms with van der Waals surface area (Å²) in [5.41, 5.74) is 0.971. The first kappa shape index (κ1) is 19.4. The fourth-order valence-corrected chi connectivity index (χ4v) is 2.68. The molecule has 1 aliphatic rings. The molecule has 2 aromatic rings. The normalized spacial score (nSPS) is 15.0. The molecule has 25 heavy (non-hydrogen) atoms. The van der Waals surface area contributed by atoms with Gasteiger partial charge in [-0.05, 0) is 12.5 Å². The van der Waals surface area contributed by atoms with E-state index in [1.807, 2.05) is 12.1 Å². The smallest absolute Gasteiger partial charge is 0.225 e. The van der Waals surface area contributed by atoms with Crippen molar-refractivity contribution in [2.75, 3.05) is 38.1 Å². The number of nitrogens with one attached hydrogen (secondary N) is 1. The zero-order chi connectivity index (χ0) is 16.8. The maximum absolute atomic E-state index is 5.30. The minimum absolute atomic E-state index is 0. The van der Waals surface area contributed by atoms with Crippen LogP contribution in [0.1, 0.15) is 18.4 Å². The Labute approximate surface area is 164 Å². The molecule has 3 rings (SSSR count). The highest BCUT2D eigenvalue weighted by molar-refractivity contribution is 14.0. The second-order valence-corrected chi connectivity index (χ2v) is 5.56. The van der Waals surface area contributed by atoms with Gasteiger partial charge in [-0.15, -0.1) is 24.0 Å². The second kappa shape index (κ2) is 9.54. The largest absolute Gasteiger partial charge is 0.359 e. The second-order valence-electron chi connectivity index (χ2n) is 5.56. The monoisotopic (exact) mass is 457 g/mol. The first-order chi connectivity index (χ1) is 11.8. The van der Waals surface area contributed by atoms with Crippen molar-refractivity contribution in [1.29, 1.82) is 0 Å². The van der Waals surface area contributed by atoms with Gasteiger partial charge in [0.05, 0.1) is 12.2 Å². The molecule has 0 atom stereocenters. The molecule has 1 N–H and O–H groups in total. The minimum atomic E-state index is 0.